The van der Waals surface area contributed by atoms with Crippen molar-refractivity contribution in [3.8, 4) is 0 Å². The Kier molecular flexibility index (Phi) is 3.23. The van der Waals surface area contributed by atoms with E-state index >= 15 is 0 Å². The van der Waals surface area contributed by atoms with Crippen molar-refractivity contribution < 1.29 is 4.74 Å². The molecule has 76 valence electrons. The highest BCUT2D eigenvalue weighted by Gasteiger charge is 2.28. The third kappa shape index (κ3) is 2.23. The molecule has 1 aliphatic heterocycles. The first-order valence-corrected chi connectivity index (χ1v) is 5.76. The van der Waals surface area contributed by atoms with Gasteiger partial charge in [-0.25, -0.2) is 0 Å². The molecule has 1 aliphatic carbocycles. The van der Waals surface area contributed by atoms with Crippen molar-refractivity contribution in [1.82, 2.24) is 5.32 Å². The van der Waals surface area contributed by atoms with Gasteiger partial charge in [0.25, 0.3) is 0 Å². The van der Waals surface area contributed by atoms with E-state index < -0.39 is 0 Å². The second-order valence-corrected chi connectivity index (χ2v) is 4.41. The molecule has 1 heterocycles. The molecule has 2 aliphatic rings. The lowest BCUT2D eigenvalue weighted by Gasteiger charge is -2.37. The van der Waals surface area contributed by atoms with Gasteiger partial charge in [0.05, 0.1) is 12.2 Å². The summed E-state index contributed by atoms with van der Waals surface area (Å²) in [5, 5.41) is 3.26. The molecule has 2 rings (SSSR count). The minimum atomic E-state index is 0.525. The van der Waals surface area contributed by atoms with Gasteiger partial charge in [-0.05, 0) is 18.8 Å². The van der Waals surface area contributed by atoms with Gasteiger partial charge in [0.1, 0.15) is 0 Å². The van der Waals surface area contributed by atoms with Crippen LogP contribution in [-0.2, 0) is 4.74 Å². The first kappa shape index (κ1) is 9.47. The third-order valence-corrected chi connectivity index (χ3v) is 3.47. The van der Waals surface area contributed by atoms with Crippen LogP contribution in [0.2, 0.25) is 0 Å². The molecular weight excluding hydrogens is 162 g/mol. The lowest BCUT2D eigenvalue weighted by atomic mass is 9.84. The number of rotatable bonds is 3. The molecule has 0 spiro atoms. The summed E-state index contributed by atoms with van der Waals surface area (Å²) < 4.78 is 6.07. The van der Waals surface area contributed by atoms with Crippen LogP contribution in [0.15, 0.2) is 0 Å². The highest BCUT2D eigenvalue weighted by Crippen LogP contribution is 2.30. The summed E-state index contributed by atoms with van der Waals surface area (Å²) in [6.45, 7) is 4.45. The van der Waals surface area contributed by atoms with Crippen LogP contribution in [0.3, 0.4) is 0 Å². The molecular formula is C11H21NO. The van der Waals surface area contributed by atoms with E-state index in [-0.39, 0.29) is 0 Å². The summed E-state index contributed by atoms with van der Waals surface area (Å²) in [6.07, 6.45) is 7.88. The molecule has 2 nitrogen and oxygen atoms in total. The molecule has 0 aromatic rings. The molecule has 2 unspecified atom stereocenters. The average molecular weight is 183 g/mol. The van der Waals surface area contributed by atoms with E-state index in [1.165, 1.54) is 32.1 Å². The van der Waals surface area contributed by atoms with Gasteiger partial charge in [0, 0.05) is 13.1 Å². The van der Waals surface area contributed by atoms with Crippen LogP contribution in [0.4, 0.5) is 0 Å². The average Bonchev–Trinajstić information content (AvgIpc) is 2.12. The van der Waals surface area contributed by atoms with Gasteiger partial charge in [-0.1, -0.05) is 26.2 Å². The van der Waals surface area contributed by atoms with Crippen molar-refractivity contribution >= 4 is 0 Å². The second kappa shape index (κ2) is 4.43. The number of ether oxygens (including phenoxy) is 1. The number of hydrogen-bond donors (Lipinski definition) is 1. The van der Waals surface area contributed by atoms with E-state index in [2.05, 4.69) is 12.2 Å². The first-order chi connectivity index (χ1) is 6.40. The maximum Gasteiger partial charge on any atom is 0.0827 e. The van der Waals surface area contributed by atoms with Crippen LogP contribution >= 0.6 is 0 Å². The Hall–Kier alpha value is -0.0800. The Morgan fingerprint density at radius 1 is 1.23 bits per heavy atom. The first-order valence-electron chi connectivity index (χ1n) is 5.76. The minimum Gasteiger partial charge on any atom is -0.372 e. The normalized spacial score (nSPS) is 35.8. The maximum atomic E-state index is 6.07. The molecule has 0 radical (unpaired) electrons. The van der Waals surface area contributed by atoms with E-state index in [1.807, 2.05) is 0 Å². The second-order valence-electron chi connectivity index (χ2n) is 4.41. The van der Waals surface area contributed by atoms with Crippen LogP contribution in [-0.4, -0.2) is 25.3 Å². The molecule has 2 heteroatoms. The lowest BCUT2D eigenvalue weighted by Crippen LogP contribution is -2.51. The zero-order valence-electron chi connectivity index (χ0n) is 8.59. The lowest BCUT2D eigenvalue weighted by molar-refractivity contribution is -0.0787. The summed E-state index contributed by atoms with van der Waals surface area (Å²) in [6, 6.07) is 0. The van der Waals surface area contributed by atoms with Gasteiger partial charge in [0.15, 0.2) is 0 Å². The summed E-state index contributed by atoms with van der Waals surface area (Å²) in [4.78, 5) is 0. The third-order valence-electron chi connectivity index (χ3n) is 3.47. The van der Waals surface area contributed by atoms with Crippen molar-refractivity contribution in [3.63, 3.8) is 0 Å². The quantitative estimate of drug-likeness (QED) is 0.722. The zero-order chi connectivity index (χ0) is 9.10. The monoisotopic (exact) mass is 183 g/mol. The molecule has 13 heavy (non-hydrogen) atoms. The van der Waals surface area contributed by atoms with Gasteiger partial charge in [0.2, 0.25) is 0 Å². The van der Waals surface area contributed by atoms with Crippen molar-refractivity contribution in [2.75, 3.05) is 13.1 Å². The molecule has 1 saturated heterocycles. The van der Waals surface area contributed by atoms with Crippen molar-refractivity contribution in [3.05, 3.63) is 0 Å². The molecule has 0 aromatic heterocycles. The fourth-order valence-electron chi connectivity index (χ4n) is 2.43. The van der Waals surface area contributed by atoms with Crippen LogP contribution in [0.5, 0.6) is 0 Å². The number of nitrogens with one attached hydrogen (secondary N) is 1. The Bertz CT molecular complexity index is 156. The molecule has 1 saturated carbocycles. The summed E-state index contributed by atoms with van der Waals surface area (Å²) >= 11 is 0. The highest BCUT2D eigenvalue weighted by molar-refractivity contribution is 4.81. The van der Waals surface area contributed by atoms with E-state index in [4.69, 9.17) is 4.74 Å². The molecule has 0 aromatic carbocycles. The predicted octanol–water partition coefficient (Wildman–Crippen LogP) is 1.94. The topological polar surface area (TPSA) is 21.3 Å². The van der Waals surface area contributed by atoms with Crippen molar-refractivity contribution in [2.45, 2.75) is 51.2 Å². The number of hydrogen-bond acceptors (Lipinski definition) is 2. The summed E-state index contributed by atoms with van der Waals surface area (Å²) in [5.74, 6) is 0.842. The fraction of sp³-hybridized carbons (Fsp3) is 1.00. The van der Waals surface area contributed by atoms with Gasteiger partial charge >= 0.3 is 0 Å². The van der Waals surface area contributed by atoms with Gasteiger partial charge < -0.3 is 10.1 Å². The Labute approximate surface area is 81.0 Å². The Morgan fingerprint density at radius 2 is 2.00 bits per heavy atom. The van der Waals surface area contributed by atoms with Crippen LogP contribution in [0, 0.1) is 5.92 Å². The molecule has 2 atom stereocenters. The van der Waals surface area contributed by atoms with E-state index in [0.29, 0.717) is 12.2 Å². The van der Waals surface area contributed by atoms with Crippen LogP contribution in [0.1, 0.15) is 39.0 Å². The fourth-order valence-corrected chi connectivity index (χ4v) is 2.43. The van der Waals surface area contributed by atoms with E-state index in [0.717, 1.165) is 19.0 Å². The summed E-state index contributed by atoms with van der Waals surface area (Å²) in [7, 11) is 0. The standard InChI is InChI=1S/C11H21NO/c1-2-9-5-3-4-6-11(9)13-10-7-12-8-10/h9-12H,2-8H2,1H3. The molecule has 0 bridgehead atoms. The van der Waals surface area contributed by atoms with Gasteiger partial charge in [-0.2, -0.15) is 0 Å². The smallest absolute Gasteiger partial charge is 0.0827 e. The molecule has 0 amide bonds. The largest absolute Gasteiger partial charge is 0.372 e. The van der Waals surface area contributed by atoms with Crippen LogP contribution in [0.25, 0.3) is 0 Å². The summed E-state index contributed by atoms with van der Waals surface area (Å²) in [5.41, 5.74) is 0. The van der Waals surface area contributed by atoms with Crippen LogP contribution < -0.4 is 5.32 Å². The van der Waals surface area contributed by atoms with Gasteiger partial charge in [-0.15, -0.1) is 0 Å². The SMILES string of the molecule is CCC1CCCCC1OC1CNC1. The zero-order valence-corrected chi connectivity index (χ0v) is 8.59. The van der Waals surface area contributed by atoms with Crippen molar-refractivity contribution in [1.29, 1.82) is 0 Å². The maximum absolute atomic E-state index is 6.07. The Morgan fingerprint density at radius 3 is 2.62 bits per heavy atom. The minimum absolute atomic E-state index is 0.525. The van der Waals surface area contributed by atoms with E-state index in [1.54, 1.807) is 0 Å². The highest BCUT2D eigenvalue weighted by atomic mass is 16.5. The van der Waals surface area contributed by atoms with E-state index in [9.17, 15) is 0 Å². The van der Waals surface area contributed by atoms with Crippen molar-refractivity contribution in [2.24, 2.45) is 5.92 Å². The van der Waals surface area contributed by atoms with Gasteiger partial charge in [-0.3, -0.25) is 0 Å². The molecule has 2 fully saturated rings. The Balaban J connectivity index is 1.79. The molecule has 1 N–H and O–H groups in total. The predicted molar refractivity (Wildman–Crippen MR) is 53.8 cm³/mol.